The van der Waals surface area contributed by atoms with Crippen LogP contribution in [0.25, 0.3) is 0 Å². The van der Waals surface area contributed by atoms with Crippen molar-refractivity contribution in [2.45, 2.75) is 13.2 Å². The average molecular weight is 249 g/mol. The standard InChI is InChI=1S/C10H11N5O3/c11-5-9-12-10(14-13-9)6-18-8-3-1-2-7(4-8)15(16)17/h1-4H,5-6,11H2,(H,12,13,14). The van der Waals surface area contributed by atoms with Crippen molar-refractivity contribution in [3.8, 4) is 5.75 Å². The highest BCUT2D eigenvalue weighted by Gasteiger charge is 2.07. The number of nitro groups is 1. The molecule has 0 amide bonds. The normalized spacial score (nSPS) is 10.3. The van der Waals surface area contributed by atoms with Crippen molar-refractivity contribution in [2.24, 2.45) is 5.73 Å². The summed E-state index contributed by atoms with van der Waals surface area (Å²) >= 11 is 0. The number of nitro benzene ring substituents is 1. The Morgan fingerprint density at radius 2 is 2.33 bits per heavy atom. The van der Waals surface area contributed by atoms with Gasteiger partial charge in [-0.15, -0.1) is 0 Å². The van der Waals surface area contributed by atoms with Gasteiger partial charge in [0, 0.05) is 6.07 Å². The number of aromatic amines is 1. The van der Waals surface area contributed by atoms with Crippen molar-refractivity contribution < 1.29 is 9.66 Å². The van der Waals surface area contributed by atoms with Gasteiger partial charge in [-0.25, -0.2) is 4.98 Å². The molecule has 3 N–H and O–H groups in total. The van der Waals surface area contributed by atoms with Gasteiger partial charge in [0.25, 0.3) is 5.69 Å². The van der Waals surface area contributed by atoms with Crippen LogP contribution in [-0.4, -0.2) is 20.1 Å². The maximum absolute atomic E-state index is 10.6. The van der Waals surface area contributed by atoms with Crippen LogP contribution in [0.3, 0.4) is 0 Å². The molecule has 1 aromatic carbocycles. The van der Waals surface area contributed by atoms with Gasteiger partial charge in [-0.1, -0.05) is 6.07 Å². The molecule has 1 aromatic heterocycles. The highest BCUT2D eigenvalue weighted by Crippen LogP contribution is 2.19. The minimum atomic E-state index is -0.478. The van der Waals surface area contributed by atoms with Crippen molar-refractivity contribution in [2.75, 3.05) is 0 Å². The number of non-ortho nitro benzene ring substituents is 1. The first kappa shape index (κ1) is 12.0. The van der Waals surface area contributed by atoms with Crippen LogP contribution in [0.4, 0.5) is 5.69 Å². The molecule has 0 aliphatic heterocycles. The van der Waals surface area contributed by atoms with Gasteiger partial charge >= 0.3 is 0 Å². The lowest BCUT2D eigenvalue weighted by Gasteiger charge is -2.02. The van der Waals surface area contributed by atoms with Crippen molar-refractivity contribution in [1.29, 1.82) is 0 Å². The van der Waals surface area contributed by atoms with Gasteiger partial charge in [-0.3, -0.25) is 15.2 Å². The molecule has 0 fully saturated rings. The Hall–Kier alpha value is -2.48. The van der Waals surface area contributed by atoms with Crippen LogP contribution in [0.5, 0.6) is 5.75 Å². The molecule has 94 valence electrons. The van der Waals surface area contributed by atoms with Gasteiger partial charge in [0.1, 0.15) is 12.4 Å². The Morgan fingerprint density at radius 3 is 3.00 bits per heavy atom. The van der Waals surface area contributed by atoms with Crippen LogP contribution in [0.2, 0.25) is 0 Å². The molecule has 0 saturated carbocycles. The molecule has 1 heterocycles. The molecule has 18 heavy (non-hydrogen) atoms. The minimum Gasteiger partial charge on any atom is -0.485 e. The molecule has 0 atom stereocenters. The first-order valence-corrected chi connectivity index (χ1v) is 5.16. The lowest BCUT2D eigenvalue weighted by molar-refractivity contribution is -0.384. The molecule has 0 aliphatic rings. The van der Waals surface area contributed by atoms with E-state index in [2.05, 4.69) is 15.2 Å². The molecule has 0 bridgehead atoms. The van der Waals surface area contributed by atoms with Gasteiger partial charge in [0.15, 0.2) is 11.6 Å². The largest absolute Gasteiger partial charge is 0.485 e. The SMILES string of the molecule is NCc1n[nH]c(COc2cccc([N+](=O)[O-])c2)n1. The summed E-state index contributed by atoms with van der Waals surface area (Å²) in [4.78, 5) is 14.1. The number of hydrogen-bond acceptors (Lipinski definition) is 6. The van der Waals surface area contributed by atoms with Crippen molar-refractivity contribution >= 4 is 5.69 Å². The summed E-state index contributed by atoms with van der Waals surface area (Å²) in [6, 6.07) is 5.93. The smallest absolute Gasteiger partial charge is 0.273 e. The monoisotopic (exact) mass is 249 g/mol. The number of rotatable bonds is 5. The maximum atomic E-state index is 10.6. The van der Waals surface area contributed by atoms with E-state index in [0.29, 0.717) is 17.4 Å². The van der Waals surface area contributed by atoms with E-state index in [9.17, 15) is 10.1 Å². The second kappa shape index (κ2) is 5.23. The Labute approximate surface area is 102 Å². The Balaban J connectivity index is 2.01. The third kappa shape index (κ3) is 2.80. The van der Waals surface area contributed by atoms with Gasteiger partial charge in [0.05, 0.1) is 17.5 Å². The van der Waals surface area contributed by atoms with E-state index < -0.39 is 4.92 Å². The summed E-state index contributed by atoms with van der Waals surface area (Å²) in [5, 5.41) is 17.1. The second-order valence-corrected chi connectivity index (χ2v) is 3.45. The third-order valence-corrected chi connectivity index (χ3v) is 2.16. The Bertz CT molecular complexity index is 554. The zero-order chi connectivity index (χ0) is 13.0. The Kier molecular flexibility index (Phi) is 3.49. The fraction of sp³-hybridized carbons (Fsp3) is 0.200. The van der Waals surface area contributed by atoms with Crippen molar-refractivity contribution in [1.82, 2.24) is 15.2 Å². The average Bonchev–Trinajstić information content (AvgIpc) is 2.84. The first-order chi connectivity index (χ1) is 8.69. The van der Waals surface area contributed by atoms with E-state index in [-0.39, 0.29) is 18.8 Å². The zero-order valence-electron chi connectivity index (χ0n) is 9.37. The highest BCUT2D eigenvalue weighted by atomic mass is 16.6. The topological polar surface area (TPSA) is 120 Å². The highest BCUT2D eigenvalue weighted by molar-refractivity contribution is 5.37. The Morgan fingerprint density at radius 1 is 1.50 bits per heavy atom. The lowest BCUT2D eigenvalue weighted by atomic mass is 10.3. The van der Waals surface area contributed by atoms with Crippen LogP contribution in [0, 0.1) is 10.1 Å². The van der Waals surface area contributed by atoms with Gasteiger partial charge in [-0.05, 0) is 6.07 Å². The van der Waals surface area contributed by atoms with Crippen LogP contribution in [0.15, 0.2) is 24.3 Å². The molecule has 0 unspecified atom stereocenters. The molecule has 0 aliphatic carbocycles. The van der Waals surface area contributed by atoms with E-state index in [1.165, 1.54) is 12.1 Å². The number of ether oxygens (including phenoxy) is 1. The lowest BCUT2D eigenvalue weighted by Crippen LogP contribution is -2.00. The predicted molar refractivity (Wildman–Crippen MR) is 61.7 cm³/mol. The molecule has 0 radical (unpaired) electrons. The molecule has 8 heteroatoms. The van der Waals surface area contributed by atoms with Crippen LogP contribution >= 0.6 is 0 Å². The fourth-order valence-corrected chi connectivity index (χ4v) is 1.33. The maximum Gasteiger partial charge on any atom is 0.273 e. The van der Waals surface area contributed by atoms with Crippen molar-refractivity contribution in [3.05, 3.63) is 46.0 Å². The predicted octanol–water partition coefficient (Wildman–Crippen LogP) is 0.751. The summed E-state index contributed by atoms with van der Waals surface area (Å²) < 4.78 is 5.36. The number of benzene rings is 1. The number of hydrogen-bond donors (Lipinski definition) is 2. The molecular formula is C10H11N5O3. The van der Waals surface area contributed by atoms with Crippen molar-refractivity contribution in [3.63, 3.8) is 0 Å². The summed E-state index contributed by atoms with van der Waals surface area (Å²) in [5.74, 6) is 1.41. The second-order valence-electron chi connectivity index (χ2n) is 3.45. The molecule has 0 spiro atoms. The van der Waals surface area contributed by atoms with Crippen LogP contribution in [-0.2, 0) is 13.2 Å². The van der Waals surface area contributed by atoms with E-state index in [4.69, 9.17) is 10.5 Å². The summed E-state index contributed by atoms with van der Waals surface area (Å²) in [7, 11) is 0. The third-order valence-electron chi connectivity index (χ3n) is 2.16. The summed E-state index contributed by atoms with van der Waals surface area (Å²) in [5.41, 5.74) is 5.34. The molecule has 0 saturated heterocycles. The number of H-pyrrole nitrogens is 1. The van der Waals surface area contributed by atoms with Crippen LogP contribution in [0.1, 0.15) is 11.6 Å². The first-order valence-electron chi connectivity index (χ1n) is 5.16. The zero-order valence-corrected chi connectivity index (χ0v) is 9.37. The number of nitrogens with one attached hydrogen (secondary N) is 1. The van der Waals surface area contributed by atoms with Gasteiger partial charge in [0.2, 0.25) is 0 Å². The fourth-order valence-electron chi connectivity index (χ4n) is 1.33. The van der Waals surface area contributed by atoms with Gasteiger partial charge in [-0.2, -0.15) is 5.10 Å². The van der Waals surface area contributed by atoms with E-state index >= 15 is 0 Å². The van der Waals surface area contributed by atoms with Gasteiger partial charge < -0.3 is 10.5 Å². The molecule has 2 rings (SSSR count). The molecule has 2 aromatic rings. The van der Waals surface area contributed by atoms with E-state index in [1.807, 2.05) is 0 Å². The quantitative estimate of drug-likeness (QED) is 0.596. The van der Waals surface area contributed by atoms with E-state index in [0.717, 1.165) is 0 Å². The summed E-state index contributed by atoms with van der Waals surface area (Å²) in [6.45, 7) is 0.390. The molecule has 8 nitrogen and oxygen atoms in total. The number of aromatic nitrogens is 3. The molecular weight excluding hydrogens is 238 g/mol. The number of nitrogens with two attached hydrogens (primary N) is 1. The number of nitrogens with zero attached hydrogens (tertiary/aromatic N) is 3. The minimum absolute atomic E-state index is 0.0206. The summed E-state index contributed by atoms with van der Waals surface area (Å²) in [6.07, 6.45) is 0. The van der Waals surface area contributed by atoms with Crippen LogP contribution < -0.4 is 10.5 Å². The van der Waals surface area contributed by atoms with E-state index in [1.54, 1.807) is 12.1 Å².